The molecule has 1 saturated heterocycles. The van der Waals surface area contributed by atoms with Gasteiger partial charge in [-0.1, -0.05) is 6.08 Å². The lowest BCUT2D eigenvalue weighted by molar-refractivity contribution is -0.137. The van der Waals surface area contributed by atoms with Crippen LogP contribution in [0.5, 0.6) is 0 Å². The second-order valence-corrected chi connectivity index (χ2v) is 15.8. The van der Waals surface area contributed by atoms with Gasteiger partial charge < -0.3 is 30.9 Å². The van der Waals surface area contributed by atoms with Crippen molar-refractivity contribution in [2.45, 2.75) is 141 Å². The minimum absolute atomic E-state index is 0.103. The summed E-state index contributed by atoms with van der Waals surface area (Å²) in [6.45, 7) is 13.6. The zero-order valence-corrected chi connectivity index (χ0v) is 30.0. The normalized spacial score (nSPS) is 24.9. The van der Waals surface area contributed by atoms with E-state index >= 15 is 0 Å². The second-order valence-electron chi connectivity index (χ2n) is 15.8. The number of carbonyl (C=O) groups excluding carboxylic acids is 3. The van der Waals surface area contributed by atoms with Crippen LogP contribution < -0.4 is 21.3 Å². The van der Waals surface area contributed by atoms with Gasteiger partial charge >= 0.3 is 12.3 Å². The van der Waals surface area contributed by atoms with Crippen LogP contribution in [0.1, 0.15) is 105 Å². The highest BCUT2D eigenvalue weighted by atomic mass is 19.4. The Bertz CT molecular complexity index is 1630. The summed E-state index contributed by atoms with van der Waals surface area (Å²) in [5.74, 6) is 0.166. The van der Waals surface area contributed by atoms with E-state index < -0.39 is 29.5 Å². The number of rotatable bonds is 7. The van der Waals surface area contributed by atoms with Crippen molar-refractivity contribution in [3.63, 3.8) is 0 Å². The molecule has 3 amide bonds. The third-order valence-electron chi connectivity index (χ3n) is 9.23. The summed E-state index contributed by atoms with van der Waals surface area (Å²) in [4.78, 5) is 49.6. The smallest absolute Gasteiger partial charge is 0.416 e. The van der Waals surface area contributed by atoms with Gasteiger partial charge in [0.05, 0.1) is 23.2 Å². The number of likely N-dealkylation sites (tertiary alicyclic amines) is 1. The Morgan fingerprint density at radius 3 is 2.32 bits per heavy atom. The van der Waals surface area contributed by atoms with Crippen LogP contribution in [0.15, 0.2) is 24.3 Å². The molecule has 1 aliphatic heterocycles. The molecule has 1 saturated carbocycles. The molecule has 5 rings (SSSR count). The topological polar surface area (TPSA) is 138 Å². The maximum Gasteiger partial charge on any atom is 0.416 e. The van der Waals surface area contributed by atoms with Crippen LogP contribution in [0.3, 0.4) is 0 Å². The molecule has 11 nitrogen and oxygen atoms in total. The Balaban J connectivity index is 1.38. The molecule has 1 unspecified atom stereocenters. The summed E-state index contributed by atoms with van der Waals surface area (Å²) in [5, 5.41) is 12.9. The molecule has 0 radical (unpaired) electrons. The summed E-state index contributed by atoms with van der Waals surface area (Å²) >= 11 is 0. The summed E-state index contributed by atoms with van der Waals surface area (Å²) in [6.07, 6.45) is 1.11. The zero-order valence-electron chi connectivity index (χ0n) is 30.0. The molecule has 2 aliphatic carbocycles. The minimum atomic E-state index is -4.58. The second kappa shape index (κ2) is 14.4. The molecule has 1 aromatic carbocycles. The lowest BCUT2D eigenvalue weighted by Crippen LogP contribution is -2.59. The fourth-order valence-corrected chi connectivity index (χ4v) is 7.22. The average molecular weight is 702 g/mol. The molecule has 3 aliphatic rings. The predicted octanol–water partition coefficient (Wildman–Crippen LogP) is 5.94. The van der Waals surface area contributed by atoms with Gasteiger partial charge in [0.25, 0.3) is 0 Å². The van der Waals surface area contributed by atoms with E-state index in [-0.39, 0.29) is 52.7 Å². The number of amides is 3. The number of ether oxygens (including phenoxy) is 1. The molecule has 4 N–H and O–H groups in total. The van der Waals surface area contributed by atoms with Gasteiger partial charge in [0, 0.05) is 36.5 Å². The maximum atomic E-state index is 14.0. The minimum Gasteiger partial charge on any atom is -0.444 e. The number of hydrogen-bond donors (Lipinski definition) is 4. The Hall–Kier alpha value is -3.94. The fourth-order valence-electron chi connectivity index (χ4n) is 7.22. The van der Waals surface area contributed by atoms with E-state index in [1.807, 2.05) is 6.08 Å². The molecule has 2 aromatic rings. The first-order valence-corrected chi connectivity index (χ1v) is 17.5. The van der Waals surface area contributed by atoms with Crippen LogP contribution in [0.2, 0.25) is 0 Å². The van der Waals surface area contributed by atoms with Crippen molar-refractivity contribution in [2.75, 3.05) is 11.9 Å². The molecule has 274 valence electrons. The first kappa shape index (κ1) is 37.3. The molecule has 5 atom stereocenters. The van der Waals surface area contributed by atoms with Crippen molar-refractivity contribution in [3.05, 3.63) is 35.7 Å². The van der Waals surface area contributed by atoms with Crippen LogP contribution in [0.25, 0.3) is 16.5 Å². The van der Waals surface area contributed by atoms with Crippen molar-refractivity contribution < 1.29 is 32.3 Å². The molecule has 0 bridgehead atoms. The van der Waals surface area contributed by atoms with Crippen molar-refractivity contribution in [1.82, 2.24) is 30.8 Å². The largest absolute Gasteiger partial charge is 0.444 e. The van der Waals surface area contributed by atoms with Crippen LogP contribution in [-0.2, 0) is 20.5 Å². The van der Waals surface area contributed by atoms with E-state index in [9.17, 15) is 27.6 Å². The number of aromatic nitrogens is 2. The number of alkyl carbamates (subject to hydrolysis) is 1. The van der Waals surface area contributed by atoms with E-state index in [2.05, 4.69) is 47.0 Å². The Labute approximate surface area is 291 Å². The van der Waals surface area contributed by atoms with Crippen LogP contribution in [-0.4, -0.2) is 80.7 Å². The standard InChI is InChI=1S/C36H50F3N7O4/c1-20(47)40-28-19-24(45-34(2,3)4)13-15-29(28)46-17-16-27(32(46)48)43-31-25-18-22(36(37,38)39)10-14-26(25)42-30(44-31)21-8-11-23(12-9-21)41-33(49)50-35(5,6)7/h8,10,14,18,23-24,27-29,45H,9,11-13,15-17,19H2,1-7H3,(H,40,47)(H,41,49)(H,42,43,44)/t23?,24-,27+,28-,29+/m1/s1. The SMILES string of the molecule is CC(=O)N[C@@H]1C[C@H](NC(C)(C)C)CC[C@@H]1N1CC[C@H](Nc2nc(C3=CCC(NC(=O)OC(C)(C)C)CC3)nc3ccc(C(F)(F)F)cc23)C1=O. The molecule has 2 fully saturated rings. The van der Waals surface area contributed by atoms with E-state index in [0.29, 0.717) is 56.4 Å². The van der Waals surface area contributed by atoms with Crippen molar-refractivity contribution in [3.8, 4) is 0 Å². The highest BCUT2D eigenvalue weighted by Gasteiger charge is 2.43. The molecule has 14 heteroatoms. The monoisotopic (exact) mass is 701 g/mol. The van der Waals surface area contributed by atoms with Gasteiger partial charge in [-0.15, -0.1) is 0 Å². The highest BCUT2D eigenvalue weighted by Crippen LogP contribution is 2.36. The maximum absolute atomic E-state index is 14.0. The lowest BCUT2D eigenvalue weighted by Gasteiger charge is -2.43. The van der Waals surface area contributed by atoms with Gasteiger partial charge in [-0.05, 0) is 110 Å². The number of carbonyl (C=O) groups is 3. The quantitative estimate of drug-likeness (QED) is 0.279. The number of nitrogens with one attached hydrogen (secondary N) is 4. The van der Waals surface area contributed by atoms with Gasteiger partial charge in [0.1, 0.15) is 17.5 Å². The number of halogens is 3. The molecular formula is C36H50F3N7O4. The molecule has 1 aromatic heterocycles. The van der Waals surface area contributed by atoms with E-state index in [4.69, 9.17) is 9.72 Å². The fraction of sp³-hybridized carbons (Fsp3) is 0.639. The van der Waals surface area contributed by atoms with Crippen LogP contribution in [0.4, 0.5) is 23.8 Å². The number of alkyl halides is 3. The van der Waals surface area contributed by atoms with Crippen molar-refractivity contribution in [1.29, 1.82) is 0 Å². The number of allylic oxidation sites excluding steroid dienone is 1. The Morgan fingerprint density at radius 2 is 1.70 bits per heavy atom. The summed E-state index contributed by atoms with van der Waals surface area (Å²) < 4.78 is 46.8. The number of fused-ring (bicyclic) bond motifs is 1. The van der Waals surface area contributed by atoms with E-state index in [0.717, 1.165) is 24.1 Å². The van der Waals surface area contributed by atoms with Gasteiger partial charge in [-0.2, -0.15) is 13.2 Å². The van der Waals surface area contributed by atoms with E-state index in [1.165, 1.54) is 13.0 Å². The Morgan fingerprint density at radius 1 is 0.960 bits per heavy atom. The molecule has 0 spiro atoms. The van der Waals surface area contributed by atoms with Gasteiger partial charge in [0.2, 0.25) is 11.8 Å². The first-order chi connectivity index (χ1) is 23.3. The average Bonchev–Trinajstić information content (AvgIpc) is 3.34. The third kappa shape index (κ3) is 9.43. The van der Waals surface area contributed by atoms with Gasteiger partial charge in [0.15, 0.2) is 5.82 Å². The summed E-state index contributed by atoms with van der Waals surface area (Å²) in [6, 6.07) is 2.21. The molecular weight excluding hydrogens is 651 g/mol. The number of anilines is 1. The predicted molar refractivity (Wildman–Crippen MR) is 185 cm³/mol. The first-order valence-electron chi connectivity index (χ1n) is 17.5. The summed E-state index contributed by atoms with van der Waals surface area (Å²) in [5.41, 5.74) is -0.445. The van der Waals surface area contributed by atoms with Crippen LogP contribution in [0, 0.1) is 0 Å². The Kier molecular flexibility index (Phi) is 10.7. The van der Waals surface area contributed by atoms with Gasteiger partial charge in [-0.3, -0.25) is 9.59 Å². The number of hydrogen-bond acceptors (Lipinski definition) is 8. The molecule has 50 heavy (non-hydrogen) atoms. The lowest BCUT2D eigenvalue weighted by atomic mass is 9.84. The summed E-state index contributed by atoms with van der Waals surface area (Å²) in [7, 11) is 0. The highest BCUT2D eigenvalue weighted by molar-refractivity contribution is 5.94. The van der Waals surface area contributed by atoms with Crippen molar-refractivity contribution in [2.24, 2.45) is 0 Å². The number of nitrogens with zero attached hydrogens (tertiary/aromatic N) is 3. The zero-order chi connectivity index (χ0) is 36.6. The van der Waals surface area contributed by atoms with Gasteiger partial charge in [-0.25, -0.2) is 14.8 Å². The van der Waals surface area contributed by atoms with Crippen molar-refractivity contribution >= 4 is 40.2 Å². The van der Waals surface area contributed by atoms with E-state index in [1.54, 1.807) is 25.7 Å². The molecule has 2 heterocycles. The number of benzene rings is 1. The van der Waals surface area contributed by atoms with Crippen LogP contribution >= 0.6 is 0 Å². The third-order valence-corrected chi connectivity index (χ3v) is 9.23.